The molecule has 37 heavy (non-hydrogen) atoms. The zero-order valence-corrected chi connectivity index (χ0v) is 19.3. The van der Waals surface area contributed by atoms with Crippen LogP contribution in [-0.2, 0) is 19.1 Å². The molecular weight excluding hydrogens is 516 g/mol. The summed E-state index contributed by atoms with van der Waals surface area (Å²) < 4.78 is 103. The zero-order chi connectivity index (χ0) is 27.8. The molecule has 0 fully saturated rings. The maximum Gasteiger partial charge on any atom is 0.401 e. The summed E-state index contributed by atoms with van der Waals surface area (Å²) in [5.41, 5.74) is -2.96. The van der Waals surface area contributed by atoms with Gasteiger partial charge < -0.3 is 24.2 Å². The smallest absolute Gasteiger partial charge is 0.401 e. The van der Waals surface area contributed by atoms with E-state index in [1.165, 1.54) is 0 Å². The van der Waals surface area contributed by atoms with Crippen LogP contribution in [0.25, 0.3) is 0 Å². The lowest BCUT2D eigenvalue weighted by Crippen LogP contribution is -2.38. The van der Waals surface area contributed by atoms with Crippen LogP contribution in [-0.4, -0.2) is 62.6 Å². The van der Waals surface area contributed by atoms with Crippen LogP contribution in [0.2, 0.25) is 0 Å². The maximum atomic E-state index is 14.1. The number of alkyl halides is 6. The molecule has 2 rings (SSSR count). The molecule has 0 spiro atoms. The lowest BCUT2D eigenvalue weighted by Gasteiger charge is -2.29. The normalized spacial score (nSPS) is 13.2. The van der Waals surface area contributed by atoms with Crippen molar-refractivity contribution < 1.29 is 60.1 Å². The molecular formula is C23H21F6NO7. The van der Waals surface area contributed by atoms with Crippen LogP contribution in [0.1, 0.15) is 23.0 Å². The predicted octanol–water partition coefficient (Wildman–Crippen LogP) is 4.61. The second-order valence-corrected chi connectivity index (χ2v) is 7.34. The number of carbonyl (C=O) groups excluding carboxylic acids is 2. The Bertz CT molecular complexity index is 999. The minimum absolute atomic E-state index is 0.0486. The Hall–Kier alpha value is -3.97. The topological polar surface area (TPSA) is 104 Å². The number of esters is 2. The van der Waals surface area contributed by atoms with E-state index in [1.807, 2.05) is 0 Å². The van der Waals surface area contributed by atoms with Crippen molar-refractivity contribution in [2.75, 3.05) is 27.4 Å². The van der Waals surface area contributed by atoms with E-state index in [1.54, 1.807) is 0 Å². The highest BCUT2D eigenvalue weighted by Gasteiger charge is 2.54. The second kappa shape index (κ2) is 12.3. The highest BCUT2D eigenvalue weighted by Crippen LogP contribution is 2.46. The van der Waals surface area contributed by atoms with Gasteiger partial charge in [0.2, 0.25) is 0 Å². The summed E-state index contributed by atoms with van der Waals surface area (Å²) in [5.74, 6) is -7.52. The van der Waals surface area contributed by atoms with E-state index in [4.69, 9.17) is 9.47 Å². The summed E-state index contributed by atoms with van der Waals surface area (Å²) in [6.07, 6.45) is -10.6. The molecule has 14 heteroatoms. The molecule has 0 saturated carbocycles. The van der Waals surface area contributed by atoms with Crippen molar-refractivity contribution in [3.8, 4) is 11.5 Å². The lowest BCUT2D eigenvalue weighted by atomic mass is 9.82. The van der Waals surface area contributed by atoms with Crippen LogP contribution in [0.3, 0.4) is 0 Å². The van der Waals surface area contributed by atoms with Crippen molar-refractivity contribution in [2.24, 2.45) is 5.16 Å². The molecule has 2 atom stereocenters. The molecule has 2 aromatic rings. The van der Waals surface area contributed by atoms with Gasteiger partial charge in [0.25, 0.3) is 0 Å². The van der Waals surface area contributed by atoms with Gasteiger partial charge in [-0.1, -0.05) is 29.4 Å². The van der Waals surface area contributed by atoms with Gasteiger partial charge in [-0.25, -0.2) is 9.59 Å². The van der Waals surface area contributed by atoms with E-state index in [0.717, 1.165) is 62.8 Å². The van der Waals surface area contributed by atoms with E-state index >= 15 is 0 Å². The van der Waals surface area contributed by atoms with E-state index in [2.05, 4.69) is 14.6 Å². The minimum Gasteiger partial charge on any atom is -0.482 e. The van der Waals surface area contributed by atoms with Crippen molar-refractivity contribution in [1.29, 1.82) is 0 Å². The van der Waals surface area contributed by atoms with E-state index in [-0.39, 0.29) is 11.5 Å². The Kier molecular flexibility index (Phi) is 9.74. The quantitative estimate of drug-likeness (QED) is 0.155. The third-order valence-corrected chi connectivity index (χ3v) is 4.96. The molecule has 202 valence electrons. The fourth-order valence-electron chi connectivity index (χ4n) is 3.25. The van der Waals surface area contributed by atoms with Gasteiger partial charge in [-0.3, -0.25) is 0 Å². The van der Waals surface area contributed by atoms with Crippen LogP contribution in [0.5, 0.6) is 11.5 Å². The Balaban J connectivity index is 2.43. The van der Waals surface area contributed by atoms with E-state index < -0.39 is 66.2 Å². The number of ether oxygens (including phenoxy) is 4. The highest BCUT2D eigenvalue weighted by atomic mass is 19.4. The van der Waals surface area contributed by atoms with Gasteiger partial charge >= 0.3 is 24.3 Å². The molecule has 0 amide bonds. The largest absolute Gasteiger partial charge is 0.482 e. The van der Waals surface area contributed by atoms with Gasteiger partial charge in [-0.2, -0.15) is 26.3 Å². The first-order valence-corrected chi connectivity index (χ1v) is 10.3. The Morgan fingerprint density at radius 2 is 1.05 bits per heavy atom. The zero-order valence-electron chi connectivity index (χ0n) is 19.3. The second-order valence-electron chi connectivity index (χ2n) is 7.34. The number of hydrogen-bond donors (Lipinski definition) is 1. The first-order chi connectivity index (χ1) is 17.3. The van der Waals surface area contributed by atoms with Crippen LogP contribution in [0.4, 0.5) is 26.3 Å². The van der Waals surface area contributed by atoms with Crippen molar-refractivity contribution in [2.45, 2.75) is 24.2 Å². The van der Waals surface area contributed by atoms with E-state index in [0.29, 0.717) is 0 Å². The minimum atomic E-state index is -5.29. The van der Waals surface area contributed by atoms with Gasteiger partial charge in [-0.05, 0) is 35.4 Å². The van der Waals surface area contributed by atoms with Crippen LogP contribution < -0.4 is 9.47 Å². The SMILES string of the molecule is COC(=O)COc1ccc(C(C(=NO)C(c2ccc(OCC(=O)OC)cc2)C(F)(F)F)C(F)(F)F)cc1. The molecule has 0 heterocycles. The fraction of sp³-hybridized carbons (Fsp3) is 0.348. The molecule has 0 saturated heterocycles. The molecule has 0 radical (unpaired) electrons. The van der Waals surface area contributed by atoms with Gasteiger partial charge in [-0.15, -0.1) is 0 Å². The molecule has 0 aliphatic carbocycles. The standard InChI is InChI=1S/C23H21F6NO7/c1-34-17(31)11-36-15-7-3-13(4-8-15)19(22(24,25)26)21(30-33)20(23(27,28)29)14-5-9-16(10-6-14)37-12-18(32)35-2/h3-10,19-20,33H,11-12H2,1-2H3. The van der Waals surface area contributed by atoms with Crippen molar-refractivity contribution in [3.63, 3.8) is 0 Å². The Labute approximate surface area is 206 Å². The van der Waals surface area contributed by atoms with Crippen molar-refractivity contribution >= 4 is 17.7 Å². The molecule has 2 aromatic carbocycles. The highest BCUT2D eigenvalue weighted by molar-refractivity contribution is 5.97. The molecule has 0 aliphatic heterocycles. The number of hydrogen-bond acceptors (Lipinski definition) is 8. The van der Waals surface area contributed by atoms with Gasteiger partial charge in [0, 0.05) is 0 Å². The number of benzene rings is 2. The van der Waals surface area contributed by atoms with Gasteiger partial charge in [0.1, 0.15) is 23.3 Å². The average molecular weight is 537 g/mol. The summed E-state index contributed by atoms with van der Waals surface area (Å²) in [7, 11) is 2.19. The summed E-state index contributed by atoms with van der Waals surface area (Å²) in [5, 5.41) is 11.9. The Morgan fingerprint density at radius 3 is 1.30 bits per heavy atom. The molecule has 8 nitrogen and oxygen atoms in total. The Morgan fingerprint density at radius 1 is 0.730 bits per heavy atom. The van der Waals surface area contributed by atoms with E-state index in [9.17, 15) is 41.1 Å². The molecule has 0 aliphatic rings. The third kappa shape index (κ3) is 8.02. The summed E-state index contributed by atoms with van der Waals surface area (Å²) in [6.45, 7) is -1.09. The van der Waals surface area contributed by atoms with Gasteiger partial charge in [0.15, 0.2) is 13.2 Å². The molecule has 1 N–H and O–H groups in total. The summed E-state index contributed by atoms with van der Waals surface area (Å²) in [4.78, 5) is 22.3. The van der Waals surface area contributed by atoms with Crippen molar-refractivity contribution in [3.05, 3.63) is 59.7 Å². The first-order valence-electron chi connectivity index (χ1n) is 10.3. The number of methoxy groups -OCH3 is 2. The summed E-state index contributed by atoms with van der Waals surface area (Å²) >= 11 is 0. The average Bonchev–Trinajstić information content (AvgIpc) is 2.85. The van der Waals surface area contributed by atoms with Crippen LogP contribution >= 0.6 is 0 Å². The molecule has 2 unspecified atom stereocenters. The number of rotatable bonds is 10. The predicted molar refractivity (Wildman–Crippen MR) is 115 cm³/mol. The number of oxime groups is 1. The van der Waals surface area contributed by atoms with Crippen LogP contribution in [0.15, 0.2) is 53.7 Å². The molecule has 0 bridgehead atoms. The fourth-order valence-corrected chi connectivity index (χ4v) is 3.25. The molecule has 0 aromatic heterocycles. The summed E-state index contributed by atoms with van der Waals surface area (Å²) in [6, 6.07) is 7.43. The third-order valence-electron chi connectivity index (χ3n) is 4.96. The lowest BCUT2D eigenvalue weighted by molar-refractivity contribution is -0.148. The van der Waals surface area contributed by atoms with Crippen LogP contribution in [0, 0.1) is 0 Å². The number of halogens is 6. The monoisotopic (exact) mass is 537 g/mol. The number of nitrogens with zero attached hydrogens (tertiary/aromatic N) is 1. The van der Waals surface area contributed by atoms with Crippen molar-refractivity contribution in [1.82, 2.24) is 0 Å². The number of carbonyl (C=O) groups is 2. The first kappa shape index (κ1) is 29.3. The van der Waals surface area contributed by atoms with Gasteiger partial charge in [0.05, 0.1) is 19.9 Å². The maximum absolute atomic E-state index is 14.1.